The van der Waals surface area contributed by atoms with Crippen molar-refractivity contribution in [3.8, 4) is 0 Å². The smallest absolute Gasteiger partial charge is 0.344 e. The van der Waals surface area contributed by atoms with Crippen LogP contribution in [0.5, 0.6) is 0 Å². The molecule has 6 nitrogen and oxygen atoms in total. The van der Waals surface area contributed by atoms with Gasteiger partial charge in [0.2, 0.25) is 0 Å². The second-order valence-corrected chi connectivity index (χ2v) is 8.09. The van der Waals surface area contributed by atoms with Gasteiger partial charge in [-0.2, -0.15) is 0 Å². The maximum Gasteiger partial charge on any atom is 0.344 e. The molecule has 6 heteroatoms. The number of hydrogen-bond acceptors (Lipinski definition) is 6. The van der Waals surface area contributed by atoms with Gasteiger partial charge in [-0.3, -0.25) is 4.79 Å². The minimum Gasteiger partial charge on any atom is -0.456 e. The summed E-state index contributed by atoms with van der Waals surface area (Å²) in [5, 5.41) is 21.3. The van der Waals surface area contributed by atoms with Gasteiger partial charge in [-0.15, -0.1) is 0 Å². The number of carbonyl (C=O) groups is 2. The second-order valence-electron chi connectivity index (χ2n) is 8.09. The zero-order valence-electron chi connectivity index (χ0n) is 12.9. The fourth-order valence-electron chi connectivity index (χ4n) is 5.93. The fourth-order valence-corrected chi connectivity index (χ4v) is 5.93. The zero-order chi connectivity index (χ0) is 16.0. The molecule has 0 saturated heterocycles. The van der Waals surface area contributed by atoms with E-state index in [0.717, 1.165) is 0 Å². The highest BCUT2D eigenvalue weighted by Crippen LogP contribution is 2.86. The molecule has 0 heterocycles. The van der Waals surface area contributed by atoms with E-state index in [1.165, 1.54) is 0 Å². The molecule has 5 unspecified atom stereocenters. The minimum atomic E-state index is -0.922. The van der Waals surface area contributed by atoms with Gasteiger partial charge in [0.1, 0.15) is 5.60 Å². The third kappa shape index (κ3) is 1.43. The first-order valence-corrected chi connectivity index (χ1v) is 7.99. The normalized spacial score (nSPS) is 50.1. The Morgan fingerprint density at radius 1 is 1.18 bits per heavy atom. The third-order valence-electron chi connectivity index (χ3n) is 6.46. The van der Waals surface area contributed by atoms with E-state index in [2.05, 4.69) is 0 Å². The van der Waals surface area contributed by atoms with Gasteiger partial charge in [0.15, 0.2) is 6.61 Å². The lowest BCUT2D eigenvalue weighted by atomic mass is 9.34. The Kier molecular flexibility index (Phi) is 2.53. The topological polar surface area (TPSA) is 93.1 Å². The molecule has 0 aromatic heterocycles. The summed E-state index contributed by atoms with van der Waals surface area (Å²) in [6.45, 7) is 2.99. The Balaban J connectivity index is 1.46. The predicted octanol–water partition coefficient (Wildman–Crippen LogP) is 0.537. The predicted molar refractivity (Wildman–Crippen MR) is 73.5 cm³/mol. The first-order chi connectivity index (χ1) is 10.2. The van der Waals surface area contributed by atoms with Crippen LogP contribution in [-0.2, 0) is 19.1 Å². The van der Waals surface area contributed by atoms with Crippen molar-refractivity contribution in [2.24, 2.45) is 17.3 Å². The van der Waals surface area contributed by atoms with Gasteiger partial charge in [0, 0.05) is 18.3 Å². The van der Waals surface area contributed by atoms with Crippen LogP contribution in [0.25, 0.3) is 0 Å². The highest BCUT2D eigenvalue weighted by atomic mass is 16.6. The number of carbonyl (C=O) groups excluding carboxylic acids is 2. The summed E-state index contributed by atoms with van der Waals surface area (Å²) < 4.78 is 10.6. The molecule has 0 radical (unpaired) electrons. The van der Waals surface area contributed by atoms with Crippen LogP contribution in [-0.4, -0.2) is 45.6 Å². The van der Waals surface area contributed by atoms with Crippen LogP contribution in [0.2, 0.25) is 0 Å². The molecule has 4 saturated carbocycles. The zero-order valence-corrected chi connectivity index (χ0v) is 12.9. The van der Waals surface area contributed by atoms with Crippen LogP contribution in [0, 0.1) is 17.3 Å². The lowest BCUT2D eigenvalue weighted by Gasteiger charge is -2.74. The quantitative estimate of drug-likeness (QED) is 0.736. The third-order valence-corrected chi connectivity index (χ3v) is 6.46. The molecule has 22 heavy (non-hydrogen) atoms. The van der Waals surface area contributed by atoms with E-state index in [0.29, 0.717) is 38.0 Å². The van der Waals surface area contributed by atoms with Crippen LogP contribution in [0.4, 0.5) is 0 Å². The first-order valence-electron chi connectivity index (χ1n) is 7.99. The molecule has 4 rings (SSSR count). The number of aliphatic hydroxyl groups is 2. The molecule has 0 amide bonds. The molecule has 122 valence electrons. The summed E-state index contributed by atoms with van der Waals surface area (Å²) >= 11 is 0. The highest BCUT2D eigenvalue weighted by molar-refractivity contribution is 5.78. The molecule has 1 spiro atoms. The molecule has 2 N–H and O–H groups in total. The Labute approximate surface area is 128 Å². The Morgan fingerprint density at radius 2 is 1.91 bits per heavy atom. The standard InChI is InChI=1S/C16H22O6/c1-9(2)12(18)21-5-11(17)22-15-4-10-3-14(20)6-13(19,7-15)8-16(10,14)15/h9-10,19-20H,3-8H2,1-2H3. The minimum absolute atomic E-state index is 0.294. The fraction of sp³-hybridized carbons (Fsp3) is 0.875. The van der Waals surface area contributed by atoms with E-state index < -0.39 is 40.8 Å². The first kappa shape index (κ1) is 14.5. The van der Waals surface area contributed by atoms with Gasteiger partial charge in [-0.1, -0.05) is 13.8 Å². The molecular formula is C16H22O6. The van der Waals surface area contributed by atoms with Gasteiger partial charge < -0.3 is 19.7 Å². The molecule has 4 fully saturated rings. The van der Waals surface area contributed by atoms with Crippen molar-refractivity contribution in [3.63, 3.8) is 0 Å². The van der Waals surface area contributed by atoms with Gasteiger partial charge in [0.25, 0.3) is 0 Å². The molecule has 5 atom stereocenters. The van der Waals surface area contributed by atoms with Gasteiger partial charge in [-0.25, -0.2) is 4.79 Å². The van der Waals surface area contributed by atoms with E-state index in [1.54, 1.807) is 13.8 Å². The Hall–Kier alpha value is -1.14. The van der Waals surface area contributed by atoms with E-state index in [1.807, 2.05) is 0 Å². The van der Waals surface area contributed by atoms with Crippen LogP contribution in [0.3, 0.4) is 0 Å². The summed E-state index contributed by atoms with van der Waals surface area (Å²) in [5.41, 5.74) is -3.04. The number of fused-ring (bicyclic) bond motifs is 1. The van der Waals surface area contributed by atoms with Gasteiger partial charge in [-0.05, 0) is 25.2 Å². The highest BCUT2D eigenvalue weighted by Gasteiger charge is 2.91. The van der Waals surface area contributed by atoms with Crippen molar-refractivity contribution in [3.05, 3.63) is 0 Å². The van der Waals surface area contributed by atoms with Gasteiger partial charge in [0.05, 0.1) is 17.1 Å². The average molecular weight is 310 g/mol. The molecule has 4 aliphatic rings. The van der Waals surface area contributed by atoms with Gasteiger partial charge >= 0.3 is 11.9 Å². The van der Waals surface area contributed by atoms with Crippen molar-refractivity contribution in [2.75, 3.05) is 6.61 Å². The molecule has 4 aliphatic carbocycles. The van der Waals surface area contributed by atoms with E-state index in [4.69, 9.17) is 9.47 Å². The summed E-state index contributed by atoms with van der Waals surface area (Å²) in [4.78, 5) is 23.5. The number of rotatable bonds is 4. The summed E-state index contributed by atoms with van der Waals surface area (Å²) in [7, 11) is 0. The maximum absolute atomic E-state index is 12.1. The number of esters is 2. The summed E-state index contributed by atoms with van der Waals surface area (Å²) in [6.07, 6.45) is 2.68. The number of hydrogen-bond donors (Lipinski definition) is 2. The average Bonchev–Trinajstić information content (AvgIpc) is 2.74. The van der Waals surface area contributed by atoms with Crippen LogP contribution in [0.15, 0.2) is 0 Å². The van der Waals surface area contributed by atoms with Crippen molar-refractivity contribution in [1.29, 1.82) is 0 Å². The molecule has 0 aromatic carbocycles. The monoisotopic (exact) mass is 310 g/mol. The lowest BCUT2D eigenvalue weighted by molar-refractivity contribution is -0.357. The SMILES string of the molecule is CC(C)C(=O)OCC(=O)OC12CC3CC4(O)CC(O)(C1)CC342. The Bertz CT molecular complexity index is 573. The van der Waals surface area contributed by atoms with Crippen molar-refractivity contribution >= 4 is 11.9 Å². The van der Waals surface area contributed by atoms with E-state index in [9.17, 15) is 19.8 Å². The molecular weight excluding hydrogens is 288 g/mol. The summed E-state index contributed by atoms with van der Waals surface area (Å²) in [5.74, 6) is -0.990. The van der Waals surface area contributed by atoms with Crippen LogP contribution >= 0.6 is 0 Å². The Morgan fingerprint density at radius 3 is 2.50 bits per heavy atom. The second kappa shape index (κ2) is 3.85. The largest absolute Gasteiger partial charge is 0.456 e. The van der Waals surface area contributed by atoms with E-state index in [-0.39, 0.29) is 5.92 Å². The van der Waals surface area contributed by atoms with Crippen molar-refractivity contribution in [2.45, 2.75) is 62.8 Å². The van der Waals surface area contributed by atoms with Crippen molar-refractivity contribution < 1.29 is 29.3 Å². The van der Waals surface area contributed by atoms with Crippen LogP contribution < -0.4 is 0 Å². The van der Waals surface area contributed by atoms with Crippen molar-refractivity contribution in [1.82, 2.24) is 0 Å². The summed E-state index contributed by atoms with van der Waals surface area (Å²) in [6, 6.07) is 0. The van der Waals surface area contributed by atoms with E-state index >= 15 is 0 Å². The maximum atomic E-state index is 12.1. The molecule has 0 aliphatic heterocycles. The molecule has 2 bridgehead atoms. The van der Waals surface area contributed by atoms with Crippen LogP contribution in [0.1, 0.15) is 46.0 Å². The lowest BCUT2D eigenvalue weighted by Crippen LogP contribution is -2.80. The number of ether oxygens (including phenoxy) is 2. The molecule has 0 aromatic rings.